The van der Waals surface area contributed by atoms with E-state index in [1.807, 2.05) is 0 Å². The van der Waals surface area contributed by atoms with Gasteiger partial charge in [0.05, 0.1) is 0 Å². The topological polar surface area (TPSA) is 58.6 Å². The Morgan fingerprint density at radius 2 is 2.37 bits per heavy atom. The Labute approximate surface area is 113 Å². The van der Waals surface area contributed by atoms with E-state index in [-0.39, 0.29) is 29.7 Å². The number of allylic oxidation sites excluding steroid dienone is 1. The second-order valence-corrected chi connectivity index (χ2v) is 4.69. The van der Waals surface area contributed by atoms with E-state index in [9.17, 15) is 13.6 Å². The molecule has 0 spiro atoms. The fourth-order valence-corrected chi connectivity index (χ4v) is 2.17. The summed E-state index contributed by atoms with van der Waals surface area (Å²) >= 11 is 1.02. The highest BCUT2D eigenvalue weighted by atomic mass is 32.1. The van der Waals surface area contributed by atoms with Gasteiger partial charge >= 0.3 is 6.61 Å². The first kappa shape index (κ1) is 15.6. The van der Waals surface area contributed by atoms with Crippen LogP contribution < -0.4 is 10.1 Å². The largest absolute Gasteiger partial charge is 0.433 e. The lowest BCUT2D eigenvalue weighted by Crippen LogP contribution is -2.30. The number of hydrogen-bond donors (Lipinski definition) is 2. The molecule has 0 fully saturated rings. The minimum atomic E-state index is -2.97. The predicted molar refractivity (Wildman–Crippen MR) is 68.7 cm³/mol. The molecule has 1 aromatic heterocycles. The third-order valence-corrected chi connectivity index (χ3v) is 3.26. The van der Waals surface area contributed by atoms with Gasteiger partial charge in [-0.15, -0.1) is 17.9 Å². The number of rotatable bonds is 8. The Bertz CT molecular complexity index is 423. The van der Waals surface area contributed by atoms with Gasteiger partial charge in [-0.2, -0.15) is 8.78 Å². The van der Waals surface area contributed by atoms with E-state index >= 15 is 0 Å². The number of halogens is 2. The average molecular weight is 291 g/mol. The van der Waals surface area contributed by atoms with Crippen molar-refractivity contribution in [2.45, 2.75) is 13.0 Å². The second kappa shape index (κ2) is 7.85. The minimum absolute atomic E-state index is 0.0862. The zero-order valence-corrected chi connectivity index (χ0v) is 11.0. The lowest BCUT2D eigenvalue weighted by atomic mass is 10.1. The van der Waals surface area contributed by atoms with Crippen molar-refractivity contribution in [3.63, 3.8) is 0 Å². The summed E-state index contributed by atoms with van der Waals surface area (Å²) in [6.45, 7) is 0.739. The van der Waals surface area contributed by atoms with E-state index in [1.54, 1.807) is 6.08 Å². The van der Waals surface area contributed by atoms with Crippen molar-refractivity contribution in [3.05, 3.63) is 29.0 Å². The number of amides is 1. The number of hydrogen-bond acceptors (Lipinski definition) is 4. The third kappa shape index (κ3) is 4.96. The van der Waals surface area contributed by atoms with Crippen LogP contribution in [0.4, 0.5) is 8.78 Å². The van der Waals surface area contributed by atoms with Crippen LogP contribution in [0, 0.1) is 5.92 Å². The van der Waals surface area contributed by atoms with Gasteiger partial charge in [0.15, 0.2) is 0 Å². The van der Waals surface area contributed by atoms with E-state index < -0.39 is 12.5 Å². The maximum Gasteiger partial charge on any atom is 0.387 e. The van der Waals surface area contributed by atoms with Gasteiger partial charge in [-0.1, -0.05) is 6.08 Å². The molecule has 0 aliphatic rings. The minimum Gasteiger partial charge on any atom is -0.433 e. The zero-order chi connectivity index (χ0) is 14.3. The van der Waals surface area contributed by atoms with Crippen LogP contribution in [0.2, 0.25) is 0 Å². The number of carbonyl (C=O) groups is 1. The first-order valence-electron chi connectivity index (χ1n) is 5.60. The van der Waals surface area contributed by atoms with E-state index in [0.29, 0.717) is 6.42 Å². The molecule has 1 atom stereocenters. The first-order valence-corrected chi connectivity index (χ1v) is 6.48. The van der Waals surface area contributed by atoms with Gasteiger partial charge in [0.1, 0.15) is 10.6 Å². The van der Waals surface area contributed by atoms with Crippen LogP contribution in [0.25, 0.3) is 0 Å². The molecule has 4 nitrogen and oxygen atoms in total. The number of aliphatic hydroxyl groups is 1. The number of ether oxygens (including phenoxy) is 1. The molecule has 1 heterocycles. The Balaban J connectivity index is 2.58. The number of thiophene rings is 1. The molecule has 0 aromatic carbocycles. The predicted octanol–water partition coefficient (Wildman–Crippen LogP) is 2.26. The van der Waals surface area contributed by atoms with Crippen LogP contribution in [0.1, 0.15) is 16.1 Å². The Kier molecular flexibility index (Phi) is 6.44. The Morgan fingerprint density at radius 1 is 1.63 bits per heavy atom. The van der Waals surface area contributed by atoms with Gasteiger partial charge in [-0.3, -0.25) is 4.79 Å². The highest BCUT2D eigenvalue weighted by Gasteiger charge is 2.18. The molecule has 0 aliphatic carbocycles. The molecule has 2 N–H and O–H groups in total. The summed E-state index contributed by atoms with van der Waals surface area (Å²) in [5.74, 6) is -0.768. The fraction of sp³-hybridized carbons (Fsp3) is 0.417. The molecule has 0 saturated carbocycles. The summed E-state index contributed by atoms with van der Waals surface area (Å²) < 4.78 is 28.5. The highest BCUT2D eigenvalue weighted by Crippen LogP contribution is 2.26. The smallest absolute Gasteiger partial charge is 0.387 e. The monoisotopic (exact) mass is 291 g/mol. The van der Waals surface area contributed by atoms with Crippen molar-refractivity contribution in [1.82, 2.24) is 5.32 Å². The molecular weight excluding hydrogens is 276 g/mol. The first-order chi connectivity index (χ1) is 9.08. The number of alkyl halides is 2. The maximum absolute atomic E-state index is 12.1. The second-order valence-electron chi connectivity index (χ2n) is 3.78. The molecule has 1 aromatic rings. The number of aliphatic hydroxyl groups excluding tert-OH is 1. The fourth-order valence-electron chi connectivity index (χ4n) is 1.43. The highest BCUT2D eigenvalue weighted by molar-refractivity contribution is 7.12. The summed E-state index contributed by atoms with van der Waals surface area (Å²) in [6.07, 6.45) is 2.20. The normalized spacial score (nSPS) is 12.2. The summed E-state index contributed by atoms with van der Waals surface area (Å²) in [6, 6.07) is 1.32. The molecule has 7 heteroatoms. The van der Waals surface area contributed by atoms with Crippen LogP contribution in [0.15, 0.2) is 24.1 Å². The molecule has 0 radical (unpaired) electrons. The van der Waals surface area contributed by atoms with Crippen molar-refractivity contribution in [1.29, 1.82) is 0 Å². The van der Waals surface area contributed by atoms with Crippen molar-refractivity contribution in [3.8, 4) is 5.75 Å². The average Bonchev–Trinajstić information content (AvgIpc) is 2.81. The van der Waals surface area contributed by atoms with Crippen LogP contribution in [0.5, 0.6) is 5.75 Å². The van der Waals surface area contributed by atoms with Gasteiger partial charge in [0.2, 0.25) is 0 Å². The molecule has 19 heavy (non-hydrogen) atoms. The van der Waals surface area contributed by atoms with Crippen LogP contribution >= 0.6 is 11.3 Å². The number of carbonyl (C=O) groups excluding carboxylic acids is 1. The molecule has 0 saturated heterocycles. The van der Waals surface area contributed by atoms with Gasteiger partial charge < -0.3 is 15.2 Å². The van der Waals surface area contributed by atoms with E-state index in [4.69, 9.17) is 5.11 Å². The quantitative estimate of drug-likeness (QED) is 0.722. The molecular formula is C12H15F2NO3S. The standard InChI is InChI=1S/C12H15F2NO3S/c1-2-3-8(7-16)6-15-11(17)10-9(4-5-19-10)18-12(13)14/h2,4-5,8,12,16H,1,3,6-7H2,(H,15,17)/t8-/m1/s1. The van der Waals surface area contributed by atoms with Crippen LogP contribution in [-0.2, 0) is 0 Å². The third-order valence-electron chi connectivity index (χ3n) is 2.36. The van der Waals surface area contributed by atoms with Crippen LogP contribution in [0.3, 0.4) is 0 Å². The Hall–Kier alpha value is -1.47. The van der Waals surface area contributed by atoms with Gasteiger partial charge in [-0.25, -0.2) is 0 Å². The van der Waals surface area contributed by atoms with Gasteiger partial charge in [0.25, 0.3) is 5.91 Å². The lowest BCUT2D eigenvalue weighted by molar-refractivity contribution is -0.0498. The Morgan fingerprint density at radius 3 is 2.95 bits per heavy atom. The SMILES string of the molecule is C=CC[C@@H](CO)CNC(=O)c1sccc1OC(F)F. The summed E-state index contributed by atoms with van der Waals surface area (Å²) in [7, 11) is 0. The molecule has 0 aliphatic heterocycles. The van der Waals surface area contributed by atoms with E-state index in [2.05, 4.69) is 16.6 Å². The summed E-state index contributed by atoms with van der Waals surface area (Å²) in [4.78, 5) is 11.9. The van der Waals surface area contributed by atoms with Crippen molar-refractivity contribution in [2.75, 3.05) is 13.2 Å². The van der Waals surface area contributed by atoms with Crippen molar-refractivity contribution >= 4 is 17.2 Å². The zero-order valence-electron chi connectivity index (χ0n) is 10.1. The summed E-state index contributed by atoms with van der Waals surface area (Å²) in [5.41, 5.74) is 0. The molecule has 1 rings (SSSR count). The molecule has 1 amide bonds. The summed E-state index contributed by atoms with van der Waals surface area (Å²) in [5, 5.41) is 13.1. The van der Waals surface area contributed by atoms with Crippen molar-refractivity contribution < 1.29 is 23.4 Å². The molecule has 0 unspecified atom stereocenters. The van der Waals surface area contributed by atoms with Crippen molar-refractivity contribution in [2.24, 2.45) is 5.92 Å². The van der Waals surface area contributed by atoms with Crippen LogP contribution in [-0.4, -0.2) is 30.8 Å². The van der Waals surface area contributed by atoms with E-state index in [0.717, 1.165) is 11.3 Å². The number of nitrogens with one attached hydrogen (secondary N) is 1. The molecule has 0 bridgehead atoms. The molecule has 106 valence electrons. The van der Waals surface area contributed by atoms with E-state index in [1.165, 1.54) is 11.4 Å². The lowest BCUT2D eigenvalue weighted by Gasteiger charge is -2.13. The van der Waals surface area contributed by atoms with Gasteiger partial charge in [0, 0.05) is 19.1 Å². The maximum atomic E-state index is 12.1. The van der Waals surface area contributed by atoms with Gasteiger partial charge in [-0.05, 0) is 17.9 Å².